The lowest BCUT2D eigenvalue weighted by molar-refractivity contribution is 0.100. The molecule has 0 atom stereocenters. The number of piperazine rings is 1. The zero-order chi connectivity index (χ0) is 19.2. The van der Waals surface area contributed by atoms with Crippen LogP contribution in [0.5, 0.6) is 0 Å². The van der Waals surface area contributed by atoms with Gasteiger partial charge in [-0.05, 0) is 31.3 Å². The maximum atomic E-state index is 13.2. The average Bonchev–Trinajstić information content (AvgIpc) is 2.72. The van der Waals surface area contributed by atoms with Crippen molar-refractivity contribution in [1.29, 1.82) is 0 Å². The molecular formula is C20H25N5O2. The fraction of sp³-hybridized carbons (Fsp3) is 0.350. The van der Waals surface area contributed by atoms with Crippen LogP contribution in [-0.4, -0.2) is 66.4 Å². The molecule has 2 amide bonds. The van der Waals surface area contributed by atoms with E-state index in [4.69, 9.17) is 5.73 Å². The quantitative estimate of drug-likeness (QED) is 0.812. The van der Waals surface area contributed by atoms with Crippen LogP contribution in [0.2, 0.25) is 0 Å². The Morgan fingerprint density at radius 1 is 1.07 bits per heavy atom. The van der Waals surface area contributed by atoms with E-state index < -0.39 is 0 Å². The van der Waals surface area contributed by atoms with Crippen LogP contribution in [-0.2, 0) is 6.54 Å². The van der Waals surface area contributed by atoms with E-state index in [0.29, 0.717) is 25.2 Å². The van der Waals surface area contributed by atoms with Gasteiger partial charge in [0.25, 0.3) is 0 Å². The molecule has 1 fully saturated rings. The number of para-hydroxylation sites is 1. The van der Waals surface area contributed by atoms with E-state index in [0.717, 1.165) is 24.5 Å². The van der Waals surface area contributed by atoms with E-state index >= 15 is 0 Å². The maximum absolute atomic E-state index is 13.2. The highest BCUT2D eigenvalue weighted by molar-refractivity contribution is 5.97. The number of nitrogens with zero attached hydrogens (tertiary/aromatic N) is 4. The van der Waals surface area contributed by atoms with Crippen molar-refractivity contribution in [2.24, 2.45) is 5.73 Å². The molecule has 2 heterocycles. The predicted molar refractivity (Wildman–Crippen MR) is 105 cm³/mol. The molecule has 2 aromatic rings. The second-order valence-corrected chi connectivity index (χ2v) is 6.66. The van der Waals surface area contributed by atoms with Crippen molar-refractivity contribution in [3.05, 3.63) is 59.9 Å². The number of nitrogens with two attached hydrogens (primary N) is 1. The minimum Gasteiger partial charge on any atom is -0.324 e. The van der Waals surface area contributed by atoms with Gasteiger partial charge in [0.2, 0.25) is 0 Å². The Balaban J connectivity index is 1.80. The van der Waals surface area contributed by atoms with Crippen LogP contribution in [0, 0.1) is 0 Å². The largest absolute Gasteiger partial charge is 0.324 e. The molecule has 0 spiro atoms. The zero-order valence-electron chi connectivity index (χ0n) is 15.5. The van der Waals surface area contributed by atoms with E-state index in [1.165, 1.54) is 6.20 Å². The molecule has 0 unspecified atom stereocenters. The molecule has 27 heavy (non-hydrogen) atoms. The topological polar surface area (TPSA) is 82.8 Å². The number of aromatic nitrogens is 1. The summed E-state index contributed by atoms with van der Waals surface area (Å²) >= 11 is 0. The lowest BCUT2D eigenvalue weighted by Gasteiger charge is -2.36. The van der Waals surface area contributed by atoms with E-state index in [9.17, 15) is 9.59 Å². The van der Waals surface area contributed by atoms with Crippen LogP contribution in [0.15, 0.2) is 48.7 Å². The fourth-order valence-electron chi connectivity index (χ4n) is 3.01. The number of urea groups is 1. The molecule has 142 valence electrons. The minimum absolute atomic E-state index is 0.0294. The predicted octanol–water partition coefficient (Wildman–Crippen LogP) is 1.60. The molecule has 1 saturated heterocycles. The van der Waals surface area contributed by atoms with Gasteiger partial charge in [0.1, 0.15) is 0 Å². The normalized spacial score (nSPS) is 14.8. The lowest BCUT2D eigenvalue weighted by Crippen LogP contribution is -2.52. The third-order valence-corrected chi connectivity index (χ3v) is 4.72. The summed E-state index contributed by atoms with van der Waals surface area (Å²) in [6, 6.07) is 13.0. The Morgan fingerprint density at radius 2 is 1.78 bits per heavy atom. The first-order valence-corrected chi connectivity index (χ1v) is 9.06. The van der Waals surface area contributed by atoms with Crippen LogP contribution in [0.4, 0.5) is 10.5 Å². The maximum Gasteiger partial charge on any atom is 0.324 e. The number of likely N-dealkylation sites (N-methyl/N-ethyl adjacent to an activating group) is 1. The average molecular weight is 367 g/mol. The van der Waals surface area contributed by atoms with Crippen molar-refractivity contribution in [1.82, 2.24) is 14.8 Å². The molecular weight excluding hydrogens is 342 g/mol. The van der Waals surface area contributed by atoms with Gasteiger partial charge in [0.15, 0.2) is 5.78 Å². The number of carbonyl (C=O) groups is 2. The number of amides is 2. The summed E-state index contributed by atoms with van der Waals surface area (Å²) in [6.45, 7) is 3.43. The summed E-state index contributed by atoms with van der Waals surface area (Å²) in [6.07, 6.45) is 1.52. The van der Waals surface area contributed by atoms with Gasteiger partial charge in [-0.25, -0.2) is 4.79 Å². The number of Topliss-reactive ketones (excluding diaryl/α,β-unsaturated/α-hetero) is 1. The first-order chi connectivity index (χ1) is 13.1. The second kappa shape index (κ2) is 8.75. The van der Waals surface area contributed by atoms with Gasteiger partial charge in [-0.2, -0.15) is 0 Å². The Bertz CT molecular complexity index is 771. The number of hydrogen-bond donors (Lipinski definition) is 1. The van der Waals surface area contributed by atoms with Crippen molar-refractivity contribution in [3.63, 3.8) is 0 Å². The molecule has 1 aromatic carbocycles. The second-order valence-electron chi connectivity index (χ2n) is 6.66. The van der Waals surface area contributed by atoms with Gasteiger partial charge in [-0.1, -0.05) is 18.2 Å². The van der Waals surface area contributed by atoms with Gasteiger partial charge in [-0.15, -0.1) is 0 Å². The third-order valence-electron chi connectivity index (χ3n) is 4.72. The summed E-state index contributed by atoms with van der Waals surface area (Å²) in [5.41, 5.74) is 7.42. The smallest absolute Gasteiger partial charge is 0.324 e. The summed E-state index contributed by atoms with van der Waals surface area (Å²) < 4.78 is 0. The van der Waals surface area contributed by atoms with Crippen molar-refractivity contribution >= 4 is 17.5 Å². The summed E-state index contributed by atoms with van der Waals surface area (Å²) in [5.74, 6) is -0.150. The Kier molecular flexibility index (Phi) is 6.16. The van der Waals surface area contributed by atoms with Crippen molar-refractivity contribution < 1.29 is 9.59 Å². The van der Waals surface area contributed by atoms with Gasteiger partial charge in [0.05, 0.1) is 18.8 Å². The molecule has 0 bridgehead atoms. The van der Waals surface area contributed by atoms with Crippen LogP contribution in [0.25, 0.3) is 0 Å². The minimum atomic E-state index is -0.150. The van der Waals surface area contributed by atoms with Crippen LogP contribution >= 0.6 is 0 Å². The first kappa shape index (κ1) is 19.0. The highest BCUT2D eigenvalue weighted by atomic mass is 16.2. The summed E-state index contributed by atoms with van der Waals surface area (Å²) in [4.78, 5) is 35.0. The monoisotopic (exact) mass is 367 g/mol. The molecule has 1 aromatic heterocycles. The van der Waals surface area contributed by atoms with Gasteiger partial charge in [0, 0.05) is 43.6 Å². The summed E-state index contributed by atoms with van der Waals surface area (Å²) in [7, 11) is 2.06. The van der Waals surface area contributed by atoms with Crippen LogP contribution in [0.1, 0.15) is 16.1 Å². The molecule has 0 radical (unpaired) electrons. The third kappa shape index (κ3) is 4.69. The molecule has 1 aliphatic heterocycles. The van der Waals surface area contributed by atoms with Crippen molar-refractivity contribution in [3.8, 4) is 0 Å². The molecule has 7 nitrogen and oxygen atoms in total. The zero-order valence-corrected chi connectivity index (χ0v) is 15.5. The Morgan fingerprint density at radius 3 is 2.37 bits per heavy atom. The lowest BCUT2D eigenvalue weighted by atomic mass is 10.1. The highest BCUT2D eigenvalue weighted by Gasteiger charge is 2.25. The SMILES string of the molecule is CN1CCN(C(=O)N(Cc2ccc(C(=O)CN)cn2)c2ccccc2)CC1. The molecule has 3 rings (SSSR count). The van der Waals surface area contributed by atoms with E-state index in [-0.39, 0.29) is 18.4 Å². The molecule has 7 heteroatoms. The standard InChI is InChI=1S/C20H25N5O2/c1-23-9-11-24(12-10-23)20(27)25(18-5-3-2-4-6-18)15-17-8-7-16(14-22-17)19(26)13-21/h2-8,14H,9-13,15,21H2,1H3. The molecule has 1 aliphatic rings. The molecule has 0 aliphatic carbocycles. The van der Waals surface area contributed by atoms with E-state index in [2.05, 4.69) is 16.9 Å². The van der Waals surface area contributed by atoms with Gasteiger partial charge in [-0.3, -0.25) is 14.7 Å². The number of pyridine rings is 1. The van der Waals surface area contributed by atoms with E-state index in [1.807, 2.05) is 35.2 Å². The Hall–Kier alpha value is -2.77. The number of benzene rings is 1. The number of ketones is 1. The fourth-order valence-corrected chi connectivity index (χ4v) is 3.01. The number of anilines is 1. The highest BCUT2D eigenvalue weighted by Crippen LogP contribution is 2.19. The van der Waals surface area contributed by atoms with Gasteiger partial charge < -0.3 is 15.5 Å². The molecule has 2 N–H and O–H groups in total. The number of rotatable bonds is 5. The van der Waals surface area contributed by atoms with E-state index in [1.54, 1.807) is 17.0 Å². The van der Waals surface area contributed by atoms with Crippen molar-refractivity contribution in [2.75, 3.05) is 44.7 Å². The van der Waals surface area contributed by atoms with Gasteiger partial charge >= 0.3 is 6.03 Å². The summed E-state index contributed by atoms with van der Waals surface area (Å²) in [5, 5.41) is 0. The van der Waals surface area contributed by atoms with Crippen molar-refractivity contribution in [2.45, 2.75) is 6.54 Å². The number of hydrogen-bond acceptors (Lipinski definition) is 5. The van der Waals surface area contributed by atoms with Crippen LogP contribution in [0.3, 0.4) is 0 Å². The number of carbonyl (C=O) groups excluding carboxylic acids is 2. The first-order valence-electron chi connectivity index (χ1n) is 9.06. The van der Waals surface area contributed by atoms with Crippen LogP contribution < -0.4 is 10.6 Å². The molecule has 0 saturated carbocycles. The Labute approximate surface area is 159 Å².